The Labute approximate surface area is 237 Å². The summed E-state index contributed by atoms with van der Waals surface area (Å²) >= 11 is 12.0. The maximum atomic E-state index is 14.3. The van der Waals surface area contributed by atoms with Crippen LogP contribution in [0.1, 0.15) is 23.1 Å². The Balaban J connectivity index is 1.55. The van der Waals surface area contributed by atoms with Crippen LogP contribution < -0.4 is 11.1 Å². The maximum Gasteiger partial charge on any atom is 0.348 e. The molecule has 1 amide bonds. The number of hydrogen-bond acceptors (Lipinski definition) is 7. The average Bonchev–Trinajstić information content (AvgIpc) is 3.32. The number of hydrogen-bond donors (Lipinski definition) is 3. The number of nitrogens with zero attached hydrogens (tertiary/aromatic N) is 3. The molecule has 1 heterocycles. The smallest absolute Gasteiger partial charge is 0.348 e. The first kappa shape index (κ1) is 29.0. The number of benzene rings is 3. The van der Waals surface area contributed by atoms with E-state index in [9.17, 15) is 23.9 Å². The molecule has 13 heteroatoms. The standard InChI is InChI=1S/C27H24Cl2FN5O5/c1-2-40-26(38)23(36)15-34(14-16-6-8-17(9-7-16)21-13-19(29)10-11-22(21)30)33-25(37)24-31-27(39)35(32-24)20-5-3-4-18(28)12-20/h3-13,23,36H,2,14-15H2,1H3,(H,33,37)(H,31,32,39)/t23-/m1/s1. The Kier molecular flexibility index (Phi) is 9.33. The lowest BCUT2D eigenvalue weighted by Gasteiger charge is -2.24. The molecule has 3 aromatic carbocycles. The Morgan fingerprint density at radius 3 is 2.55 bits per heavy atom. The average molecular weight is 588 g/mol. The second-order valence-electron chi connectivity index (χ2n) is 8.58. The zero-order valence-corrected chi connectivity index (χ0v) is 22.6. The molecule has 1 aromatic heterocycles. The molecule has 0 saturated carbocycles. The maximum absolute atomic E-state index is 14.3. The van der Waals surface area contributed by atoms with Crippen molar-refractivity contribution in [3.63, 3.8) is 0 Å². The van der Waals surface area contributed by atoms with Crippen LogP contribution >= 0.6 is 23.2 Å². The number of amides is 1. The minimum atomic E-state index is -1.58. The second-order valence-corrected chi connectivity index (χ2v) is 9.45. The van der Waals surface area contributed by atoms with Crippen LogP contribution in [0.15, 0.2) is 71.5 Å². The molecule has 0 bridgehead atoms. The van der Waals surface area contributed by atoms with Gasteiger partial charge in [-0.1, -0.05) is 53.5 Å². The molecule has 40 heavy (non-hydrogen) atoms. The lowest BCUT2D eigenvalue weighted by atomic mass is 10.0. The van der Waals surface area contributed by atoms with Crippen molar-refractivity contribution in [3.8, 4) is 16.8 Å². The summed E-state index contributed by atoms with van der Waals surface area (Å²) in [6, 6.07) is 17.3. The van der Waals surface area contributed by atoms with Crippen LogP contribution in [0.2, 0.25) is 10.0 Å². The molecule has 3 N–H and O–H groups in total. The van der Waals surface area contributed by atoms with Crippen LogP contribution in [0.5, 0.6) is 0 Å². The van der Waals surface area contributed by atoms with Crippen molar-refractivity contribution in [3.05, 3.63) is 104 Å². The Hall–Kier alpha value is -4.03. The second kappa shape index (κ2) is 12.9. The third kappa shape index (κ3) is 7.13. The number of aromatic amines is 1. The van der Waals surface area contributed by atoms with Crippen LogP contribution in [0, 0.1) is 5.82 Å². The van der Waals surface area contributed by atoms with Gasteiger partial charge in [0.1, 0.15) is 5.82 Å². The number of aliphatic hydroxyl groups is 1. The molecule has 0 unspecified atom stereocenters. The molecular weight excluding hydrogens is 564 g/mol. The zero-order chi connectivity index (χ0) is 28.8. The molecule has 0 fully saturated rings. The summed E-state index contributed by atoms with van der Waals surface area (Å²) in [5.41, 5.74) is 3.78. The number of hydrazine groups is 1. The van der Waals surface area contributed by atoms with Crippen molar-refractivity contribution in [2.75, 3.05) is 13.2 Å². The lowest BCUT2D eigenvalue weighted by molar-refractivity contribution is -0.154. The number of ether oxygens (including phenoxy) is 1. The highest BCUT2D eigenvalue weighted by molar-refractivity contribution is 6.31. The number of aliphatic hydroxyl groups excluding tert-OH is 1. The van der Waals surface area contributed by atoms with E-state index >= 15 is 0 Å². The summed E-state index contributed by atoms with van der Waals surface area (Å²) in [6.07, 6.45) is -1.58. The van der Waals surface area contributed by atoms with Crippen LogP contribution in [-0.4, -0.2) is 56.0 Å². The van der Waals surface area contributed by atoms with Gasteiger partial charge in [-0.05, 0) is 54.4 Å². The predicted octanol–water partition coefficient (Wildman–Crippen LogP) is 3.74. The molecule has 0 radical (unpaired) electrons. The predicted molar refractivity (Wildman–Crippen MR) is 147 cm³/mol. The number of halogens is 3. The molecule has 4 rings (SSSR count). The molecule has 0 aliphatic carbocycles. The highest BCUT2D eigenvalue weighted by Gasteiger charge is 2.24. The van der Waals surface area contributed by atoms with Crippen molar-refractivity contribution in [1.29, 1.82) is 0 Å². The van der Waals surface area contributed by atoms with E-state index in [1.807, 2.05) is 0 Å². The summed E-state index contributed by atoms with van der Waals surface area (Å²) < 4.78 is 20.1. The van der Waals surface area contributed by atoms with Crippen molar-refractivity contribution in [2.24, 2.45) is 0 Å². The van der Waals surface area contributed by atoms with Gasteiger partial charge in [-0.2, -0.15) is 4.68 Å². The third-order valence-electron chi connectivity index (χ3n) is 5.66. The van der Waals surface area contributed by atoms with Gasteiger partial charge in [-0.15, -0.1) is 5.10 Å². The Morgan fingerprint density at radius 1 is 1.12 bits per heavy atom. The summed E-state index contributed by atoms with van der Waals surface area (Å²) in [5.74, 6) is -2.42. The fourth-order valence-electron chi connectivity index (χ4n) is 3.81. The number of rotatable bonds is 10. The fourth-order valence-corrected chi connectivity index (χ4v) is 4.16. The van der Waals surface area contributed by atoms with Gasteiger partial charge in [-0.3, -0.25) is 15.2 Å². The molecule has 10 nitrogen and oxygen atoms in total. The van der Waals surface area contributed by atoms with Gasteiger partial charge in [-0.25, -0.2) is 19.0 Å². The number of carbonyl (C=O) groups is 2. The van der Waals surface area contributed by atoms with E-state index in [0.717, 1.165) is 4.68 Å². The van der Waals surface area contributed by atoms with E-state index in [1.54, 1.807) is 49.4 Å². The molecule has 208 valence electrons. The van der Waals surface area contributed by atoms with E-state index in [0.29, 0.717) is 32.4 Å². The topological polar surface area (TPSA) is 130 Å². The molecule has 0 spiro atoms. The monoisotopic (exact) mass is 587 g/mol. The Bertz CT molecular complexity index is 1570. The van der Waals surface area contributed by atoms with Crippen LogP contribution in [0.25, 0.3) is 16.8 Å². The number of esters is 1. The van der Waals surface area contributed by atoms with E-state index < -0.39 is 29.5 Å². The molecular formula is C27H24Cl2FN5O5. The Morgan fingerprint density at radius 2 is 1.85 bits per heavy atom. The van der Waals surface area contributed by atoms with E-state index in [-0.39, 0.29) is 25.5 Å². The normalized spacial score (nSPS) is 11.8. The summed E-state index contributed by atoms with van der Waals surface area (Å²) in [7, 11) is 0. The van der Waals surface area contributed by atoms with Gasteiger partial charge in [0.15, 0.2) is 6.10 Å². The highest BCUT2D eigenvalue weighted by Crippen LogP contribution is 2.26. The van der Waals surface area contributed by atoms with Crippen molar-refractivity contribution in [2.45, 2.75) is 19.6 Å². The van der Waals surface area contributed by atoms with Crippen molar-refractivity contribution >= 4 is 35.1 Å². The van der Waals surface area contributed by atoms with Crippen molar-refractivity contribution < 1.29 is 23.8 Å². The molecule has 0 saturated heterocycles. The number of nitrogens with one attached hydrogen (secondary N) is 2. The van der Waals surface area contributed by atoms with Crippen LogP contribution in [0.4, 0.5) is 4.39 Å². The highest BCUT2D eigenvalue weighted by atomic mass is 35.5. The van der Waals surface area contributed by atoms with Gasteiger partial charge >= 0.3 is 17.6 Å². The minimum Gasteiger partial charge on any atom is -0.464 e. The van der Waals surface area contributed by atoms with E-state index in [4.69, 9.17) is 27.9 Å². The number of H-pyrrole nitrogens is 1. The van der Waals surface area contributed by atoms with Gasteiger partial charge < -0.3 is 9.84 Å². The molecule has 4 aromatic rings. The first-order chi connectivity index (χ1) is 19.1. The summed E-state index contributed by atoms with van der Waals surface area (Å²) in [4.78, 5) is 39.9. The minimum absolute atomic E-state index is 0.0275. The van der Waals surface area contributed by atoms with Gasteiger partial charge in [0, 0.05) is 22.2 Å². The fraction of sp³-hybridized carbons (Fsp3) is 0.185. The van der Waals surface area contributed by atoms with E-state index in [2.05, 4.69) is 15.5 Å². The quantitative estimate of drug-likeness (QED) is 0.190. The molecule has 0 aliphatic heterocycles. The first-order valence-electron chi connectivity index (χ1n) is 12.0. The van der Waals surface area contributed by atoms with Gasteiger partial charge in [0.2, 0.25) is 5.82 Å². The van der Waals surface area contributed by atoms with Crippen LogP contribution in [0.3, 0.4) is 0 Å². The molecule has 1 atom stereocenters. The first-order valence-corrected chi connectivity index (χ1v) is 12.8. The third-order valence-corrected chi connectivity index (χ3v) is 6.13. The van der Waals surface area contributed by atoms with Gasteiger partial charge in [0.25, 0.3) is 0 Å². The van der Waals surface area contributed by atoms with Gasteiger partial charge in [0.05, 0.1) is 18.8 Å². The SMILES string of the molecule is CCOC(=O)[C@H](O)CN(Cc1ccc(-c2cc(Cl)ccc2F)cc1)NC(=O)c1nn(-c2cccc(Cl)c2)c(=O)[nH]1. The number of carbonyl (C=O) groups excluding carboxylic acids is 2. The summed E-state index contributed by atoms with van der Waals surface area (Å²) in [6.45, 7) is 1.35. The van der Waals surface area contributed by atoms with Crippen LogP contribution in [-0.2, 0) is 16.1 Å². The number of aromatic nitrogens is 3. The largest absolute Gasteiger partial charge is 0.464 e. The lowest BCUT2D eigenvalue weighted by Crippen LogP contribution is -2.47. The van der Waals surface area contributed by atoms with E-state index in [1.165, 1.54) is 29.3 Å². The molecule has 0 aliphatic rings. The zero-order valence-electron chi connectivity index (χ0n) is 21.1. The summed E-state index contributed by atoms with van der Waals surface area (Å²) in [5, 5.41) is 16.4. The van der Waals surface area contributed by atoms with Crippen molar-refractivity contribution in [1.82, 2.24) is 25.2 Å².